The highest BCUT2D eigenvalue weighted by molar-refractivity contribution is 7.25. The van der Waals surface area contributed by atoms with Gasteiger partial charge in [-0.1, -0.05) is 113 Å². The van der Waals surface area contributed by atoms with E-state index >= 15 is 0 Å². The van der Waals surface area contributed by atoms with Crippen molar-refractivity contribution in [2.45, 2.75) is 38.5 Å². The van der Waals surface area contributed by atoms with Gasteiger partial charge in [-0.2, -0.15) is 0 Å². The maximum absolute atomic E-state index is 3.88. The number of nitrogens with one attached hydrogen (secondary N) is 1. The lowest BCUT2D eigenvalue weighted by Crippen LogP contribution is -2.16. The molecule has 0 atom stereocenters. The molecule has 0 fully saturated rings. The predicted molar refractivity (Wildman–Crippen MR) is 190 cm³/mol. The average molecular weight is 584 g/mol. The Morgan fingerprint density at radius 3 is 1.84 bits per heavy atom. The molecule has 1 aromatic heterocycles. The van der Waals surface area contributed by atoms with Crippen molar-refractivity contribution in [2.24, 2.45) is 0 Å². The summed E-state index contributed by atoms with van der Waals surface area (Å²) in [5.74, 6) is 0. The topological polar surface area (TPSA) is 12.0 Å². The van der Waals surface area contributed by atoms with Crippen LogP contribution in [0.3, 0.4) is 0 Å². The summed E-state index contributed by atoms with van der Waals surface area (Å²) in [6.07, 6.45) is 0. The first kappa shape index (κ1) is 25.8. The van der Waals surface area contributed by atoms with Gasteiger partial charge < -0.3 is 5.32 Å². The van der Waals surface area contributed by atoms with Gasteiger partial charge in [-0.15, -0.1) is 11.3 Å². The van der Waals surface area contributed by atoms with Gasteiger partial charge in [0.2, 0.25) is 0 Å². The first-order chi connectivity index (χ1) is 21.3. The molecule has 2 aliphatic carbocycles. The minimum Gasteiger partial charge on any atom is -0.355 e. The molecule has 1 heterocycles. The molecule has 0 aliphatic heterocycles. The van der Waals surface area contributed by atoms with Gasteiger partial charge >= 0.3 is 0 Å². The molecule has 2 heteroatoms. The van der Waals surface area contributed by atoms with Crippen LogP contribution in [0.4, 0.5) is 11.4 Å². The second-order valence-electron chi connectivity index (χ2n) is 13.4. The lowest BCUT2D eigenvalue weighted by molar-refractivity contribution is 0.660. The third-order valence-electron chi connectivity index (χ3n) is 10.2. The molecule has 9 rings (SSSR count). The monoisotopic (exact) mass is 583 g/mol. The molecule has 0 radical (unpaired) electrons. The molecule has 1 nitrogen and oxygen atoms in total. The Kier molecular flexibility index (Phi) is 5.24. The lowest BCUT2D eigenvalue weighted by Gasteiger charge is -2.26. The second kappa shape index (κ2) is 8.94. The molecule has 0 bridgehead atoms. The summed E-state index contributed by atoms with van der Waals surface area (Å²) in [7, 11) is 0. The third-order valence-corrected chi connectivity index (χ3v) is 11.4. The van der Waals surface area contributed by atoms with Crippen LogP contribution in [0.25, 0.3) is 53.6 Å². The van der Waals surface area contributed by atoms with E-state index < -0.39 is 0 Å². The number of hydrogen-bond acceptors (Lipinski definition) is 2. The van der Waals surface area contributed by atoms with Crippen LogP contribution >= 0.6 is 11.3 Å². The molecule has 0 saturated carbocycles. The van der Waals surface area contributed by atoms with Gasteiger partial charge in [0.15, 0.2) is 0 Å². The number of thiophene rings is 1. The largest absolute Gasteiger partial charge is 0.355 e. The summed E-state index contributed by atoms with van der Waals surface area (Å²) in [5, 5.41) is 6.57. The van der Waals surface area contributed by atoms with Crippen LogP contribution in [-0.2, 0) is 10.8 Å². The zero-order valence-electron chi connectivity index (χ0n) is 25.5. The van der Waals surface area contributed by atoms with Gasteiger partial charge in [0.25, 0.3) is 0 Å². The van der Waals surface area contributed by atoms with Crippen LogP contribution in [0, 0.1) is 0 Å². The first-order valence-electron chi connectivity index (χ1n) is 15.5. The number of rotatable bonds is 3. The van der Waals surface area contributed by atoms with Crippen LogP contribution in [0.1, 0.15) is 49.9 Å². The highest BCUT2D eigenvalue weighted by Crippen LogP contribution is 2.55. The highest BCUT2D eigenvalue weighted by Gasteiger charge is 2.39. The van der Waals surface area contributed by atoms with Crippen LogP contribution in [0.5, 0.6) is 0 Å². The Hall–Kier alpha value is -4.66. The quantitative estimate of drug-likeness (QED) is 0.218. The summed E-state index contributed by atoms with van der Waals surface area (Å²) < 4.78 is 2.68. The van der Waals surface area contributed by atoms with Crippen molar-refractivity contribution in [3.8, 4) is 33.4 Å². The van der Waals surface area contributed by atoms with Crippen LogP contribution in [-0.4, -0.2) is 0 Å². The van der Waals surface area contributed by atoms with E-state index in [9.17, 15) is 0 Å². The molecule has 7 aromatic rings. The Morgan fingerprint density at radius 1 is 0.455 bits per heavy atom. The van der Waals surface area contributed by atoms with E-state index in [0.717, 1.165) is 11.4 Å². The SMILES string of the molecule is CC1(C)c2ccccc2-c2ccc(Nc3cc4c(c(-c5cccc6sc7ccccc7c56)c3)C(C)(C)c3ccccc3-4)cc21. The van der Waals surface area contributed by atoms with Crippen molar-refractivity contribution in [1.29, 1.82) is 0 Å². The van der Waals surface area contributed by atoms with Gasteiger partial charge in [0, 0.05) is 42.4 Å². The molecule has 0 spiro atoms. The molecule has 2 aliphatic rings. The van der Waals surface area contributed by atoms with Crippen molar-refractivity contribution < 1.29 is 0 Å². The maximum Gasteiger partial charge on any atom is 0.0396 e. The van der Waals surface area contributed by atoms with E-state index in [4.69, 9.17) is 0 Å². The molecule has 0 amide bonds. The Labute approximate surface area is 262 Å². The van der Waals surface area contributed by atoms with Crippen molar-refractivity contribution in [3.63, 3.8) is 0 Å². The van der Waals surface area contributed by atoms with E-state index in [1.807, 2.05) is 11.3 Å². The standard InChI is InChI=1S/C42H33NS/c1-41(2)34-16-8-5-12-27(34)29-21-20-25(24-36(29)41)43-26-22-32-28-13-6-9-17-35(28)42(3,4)40(32)33(23-26)30-15-11-19-38-39(30)31-14-7-10-18-37(31)44-38/h5-24,43H,1-4H3. The average Bonchev–Trinajstić information content (AvgIpc) is 3.61. The highest BCUT2D eigenvalue weighted by atomic mass is 32.1. The minimum atomic E-state index is -0.114. The normalized spacial score (nSPS) is 15.2. The van der Waals surface area contributed by atoms with E-state index in [-0.39, 0.29) is 10.8 Å². The van der Waals surface area contributed by atoms with Crippen molar-refractivity contribution in [3.05, 3.63) is 144 Å². The summed E-state index contributed by atoms with van der Waals surface area (Å²) in [4.78, 5) is 0. The van der Waals surface area contributed by atoms with E-state index in [2.05, 4.69) is 154 Å². The molecule has 212 valence electrons. The smallest absolute Gasteiger partial charge is 0.0396 e. The van der Waals surface area contributed by atoms with E-state index in [0.29, 0.717) is 0 Å². The van der Waals surface area contributed by atoms with Gasteiger partial charge in [0.1, 0.15) is 0 Å². The zero-order chi connectivity index (χ0) is 29.8. The number of hydrogen-bond donors (Lipinski definition) is 1. The fraction of sp³-hybridized carbons (Fsp3) is 0.143. The van der Waals surface area contributed by atoms with E-state index in [1.165, 1.54) is 75.8 Å². The fourth-order valence-corrected chi connectivity index (χ4v) is 9.29. The summed E-state index contributed by atoms with van der Waals surface area (Å²) in [6.45, 7) is 9.47. The molecule has 0 saturated heterocycles. The molecule has 1 N–H and O–H groups in total. The first-order valence-corrected chi connectivity index (χ1v) is 16.3. The van der Waals surface area contributed by atoms with E-state index in [1.54, 1.807) is 0 Å². The summed E-state index contributed by atoms with van der Waals surface area (Å²) >= 11 is 1.89. The molecular formula is C42H33NS. The lowest BCUT2D eigenvalue weighted by atomic mass is 9.78. The molecule has 44 heavy (non-hydrogen) atoms. The molecule has 0 unspecified atom stereocenters. The number of fused-ring (bicyclic) bond motifs is 9. The van der Waals surface area contributed by atoms with Gasteiger partial charge in [-0.25, -0.2) is 0 Å². The van der Waals surface area contributed by atoms with Crippen LogP contribution < -0.4 is 5.32 Å². The van der Waals surface area contributed by atoms with Gasteiger partial charge in [-0.05, 0) is 92.0 Å². The van der Waals surface area contributed by atoms with Gasteiger partial charge in [-0.3, -0.25) is 0 Å². The molecule has 6 aromatic carbocycles. The number of anilines is 2. The summed E-state index contributed by atoms with van der Waals surface area (Å²) in [5.41, 5.74) is 15.7. The van der Waals surface area contributed by atoms with Gasteiger partial charge in [0.05, 0.1) is 0 Å². The molecular weight excluding hydrogens is 551 g/mol. The Morgan fingerprint density at radius 2 is 1.05 bits per heavy atom. The van der Waals surface area contributed by atoms with Crippen molar-refractivity contribution in [2.75, 3.05) is 5.32 Å². The maximum atomic E-state index is 3.88. The zero-order valence-corrected chi connectivity index (χ0v) is 26.3. The third kappa shape index (κ3) is 3.46. The van der Waals surface area contributed by atoms with Crippen molar-refractivity contribution in [1.82, 2.24) is 0 Å². The number of benzene rings is 6. The minimum absolute atomic E-state index is 0.0364. The Balaban J connectivity index is 1.26. The van der Waals surface area contributed by atoms with Crippen LogP contribution in [0.15, 0.2) is 121 Å². The predicted octanol–water partition coefficient (Wildman–Crippen LogP) is 12.1. The Bertz CT molecular complexity index is 2320. The second-order valence-corrected chi connectivity index (χ2v) is 14.5. The van der Waals surface area contributed by atoms with Crippen molar-refractivity contribution >= 4 is 42.9 Å². The van der Waals surface area contributed by atoms with Crippen LogP contribution in [0.2, 0.25) is 0 Å². The summed E-state index contributed by atoms with van der Waals surface area (Å²) in [6, 6.07) is 45.2. The fourth-order valence-electron chi connectivity index (χ4n) is 8.16.